The van der Waals surface area contributed by atoms with E-state index in [1.54, 1.807) is 32.6 Å². The van der Waals surface area contributed by atoms with E-state index in [4.69, 9.17) is 9.47 Å². The Balaban J connectivity index is 1.98. The van der Waals surface area contributed by atoms with E-state index in [1.165, 1.54) is 0 Å². The quantitative estimate of drug-likeness (QED) is 0.656. The van der Waals surface area contributed by atoms with E-state index in [0.29, 0.717) is 17.9 Å². The number of carbonyl (C=O) groups excluding carboxylic acids is 1. The second-order valence-corrected chi connectivity index (χ2v) is 5.51. The summed E-state index contributed by atoms with van der Waals surface area (Å²) in [5.41, 5.74) is 6.60. The largest absolute Gasteiger partial charge is 0.493 e. The predicted octanol–water partition coefficient (Wildman–Crippen LogP) is 3.01. The average molecular weight is 326 g/mol. The zero-order valence-electron chi connectivity index (χ0n) is 14.4. The van der Waals surface area contributed by atoms with Gasteiger partial charge in [0.15, 0.2) is 11.5 Å². The first-order valence-corrected chi connectivity index (χ1v) is 7.63. The Labute approximate surface area is 142 Å². The molecule has 0 saturated heterocycles. The topological polar surface area (TPSA) is 59.9 Å². The van der Waals surface area contributed by atoms with E-state index in [-0.39, 0.29) is 5.91 Å². The Hall–Kier alpha value is -2.82. The number of hydrogen-bond acceptors (Lipinski definition) is 4. The highest BCUT2D eigenvalue weighted by molar-refractivity contribution is 5.84. The Morgan fingerprint density at radius 2 is 1.83 bits per heavy atom. The van der Waals surface area contributed by atoms with Crippen molar-refractivity contribution in [1.29, 1.82) is 0 Å². The zero-order valence-corrected chi connectivity index (χ0v) is 14.4. The molecule has 0 radical (unpaired) electrons. The van der Waals surface area contributed by atoms with E-state index in [0.717, 1.165) is 22.3 Å². The van der Waals surface area contributed by atoms with Gasteiger partial charge in [-0.1, -0.05) is 23.8 Å². The highest BCUT2D eigenvalue weighted by atomic mass is 16.5. The number of methoxy groups -OCH3 is 2. The Morgan fingerprint density at radius 1 is 1.08 bits per heavy atom. The molecular weight excluding hydrogens is 304 g/mol. The average Bonchev–Trinajstić information content (AvgIpc) is 2.58. The van der Waals surface area contributed by atoms with Crippen molar-refractivity contribution in [3.05, 3.63) is 58.7 Å². The monoisotopic (exact) mass is 326 g/mol. The summed E-state index contributed by atoms with van der Waals surface area (Å²) >= 11 is 0. The molecule has 0 bridgehead atoms. The van der Waals surface area contributed by atoms with Gasteiger partial charge in [0.1, 0.15) is 0 Å². The van der Waals surface area contributed by atoms with Crippen molar-refractivity contribution >= 4 is 12.1 Å². The smallest absolute Gasteiger partial charge is 0.244 e. The van der Waals surface area contributed by atoms with Gasteiger partial charge in [0.25, 0.3) is 0 Å². The van der Waals surface area contributed by atoms with Gasteiger partial charge in [-0.25, -0.2) is 5.43 Å². The molecule has 126 valence electrons. The zero-order chi connectivity index (χ0) is 17.5. The molecule has 0 aliphatic heterocycles. The maximum atomic E-state index is 12.0. The van der Waals surface area contributed by atoms with Crippen molar-refractivity contribution in [3.8, 4) is 11.5 Å². The Morgan fingerprint density at radius 3 is 2.54 bits per heavy atom. The second kappa shape index (κ2) is 8.15. The summed E-state index contributed by atoms with van der Waals surface area (Å²) < 4.78 is 10.4. The Kier molecular flexibility index (Phi) is 5.95. The molecule has 24 heavy (non-hydrogen) atoms. The molecule has 0 aliphatic carbocycles. The Bertz CT molecular complexity index is 754. The number of hydrogen-bond donors (Lipinski definition) is 1. The van der Waals surface area contributed by atoms with E-state index >= 15 is 0 Å². The summed E-state index contributed by atoms with van der Waals surface area (Å²) in [4.78, 5) is 12.0. The van der Waals surface area contributed by atoms with Crippen molar-refractivity contribution in [2.24, 2.45) is 5.10 Å². The third kappa shape index (κ3) is 4.59. The number of carbonyl (C=O) groups is 1. The fraction of sp³-hybridized carbons (Fsp3) is 0.263. The summed E-state index contributed by atoms with van der Waals surface area (Å²) in [7, 11) is 3.16. The third-order valence-corrected chi connectivity index (χ3v) is 3.67. The minimum Gasteiger partial charge on any atom is -0.493 e. The third-order valence-electron chi connectivity index (χ3n) is 3.67. The molecule has 0 heterocycles. The van der Waals surface area contributed by atoms with Crippen LogP contribution in [-0.4, -0.2) is 26.3 Å². The molecule has 0 unspecified atom stereocenters. The lowest BCUT2D eigenvalue weighted by Crippen LogP contribution is -2.20. The van der Waals surface area contributed by atoms with E-state index < -0.39 is 0 Å². The van der Waals surface area contributed by atoms with E-state index in [9.17, 15) is 4.79 Å². The van der Waals surface area contributed by atoms with Crippen LogP contribution in [0.4, 0.5) is 0 Å². The molecule has 0 spiro atoms. The predicted molar refractivity (Wildman–Crippen MR) is 94.9 cm³/mol. The van der Waals surface area contributed by atoms with Crippen molar-refractivity contribution in [2.75, 3.05) is 14.2 Å². The normalized spacial score (nSPS) is 10.7. The highest BCUT2D eigenvalue weighted by Crippen LogP contribution is 2.26. The summed E-state index contributed by atoms with van der Waals surface area (Å²) in [5.74, 6) is 1.11. The van der Waals surface area contributed by atoms with Crippen molar-refractivity contribution < 1.29 is 14.3 Å². The van der Waals surface area contributed by atoms with Crippen LogP contribution in [0.3, 0.4) is 0 Å². The number of nitrogens with zero attached hydrogens (tertiary/aromatic N) is 1. The number of ether oxygens (including phenoxy) is 2. The summed E-state index contributed by atoms with van der Waals surface area (Å²) in [6.07, 6.45) is 1.87. The minimum absolute atomic E-state index is 0.152. The molecule has 5 heteroatoms. The van der Waals surface area contributed by atoms with Crippen LogP contribution in [0.5, 0.6) is 11.5 Å². The molecule has 2 rings (SSSR count). The van der Waals surface area contributed by atoms with Crippen molar-refractivity contribution in [3.63, 3.8) is 0 Å². The standard InChI is InChI=1S/C19H22N2O3/c1-13-5-6-14(2)16(9-13)11-19(22)21-20-12-15-7-8-17(23-3)18(10-15)24-4/h5-10,12H,11H2,1-4H3,(H,21,22)/b20-12+. The second-order valence-electron chi connectivity index (χ2n) is 5.51. The van der Waals surface area contributed by atoms with Crippen LogP contribution in [0.25, 0.3) is 0 Å². The van der Waals surface area contributed by atoms with Gasteiger partial charge in [0.2, 0.25) is 5.91 Å². The molecule has 5 nitrogen and oxygen atoms in total. The molecule has 0 saturated carbocycles. The number of amides is 1. The number of aryl methyl sites for hydroxylation is 2. The van der Waals surface area contributed by atoms with Crippen LogP contribution in [0.2, 0.25) is 0 Å². The molecule has 1 N–H and O–H groups in total. The fourth-order valence-electron chi connectivity index (χ4n) is 2.32. The van der Waals surface area contributed by atoms with Crippen LogP contribution in [0.15, 0.2) is 41.5 Å². The van der Waals surface area contributed by atoms with Crippen LogP contribution in [0.1, 0.15) is 22.3 Å². The van der Waals surface area contributed by atoms with Crippen molar-refractivity contribution in [1.82, 2.24) is 5.43 Å². The number of benzene rings is 2. The van der Waals surface area contributed by atoms with Crippen LogP contribution in [-0.2, 0) is 11.2 Å². The van der Waals surface area contributed by atoms with Gasteiger partial charge in [-0.2, -0.15) is 5.10 Å². The molecular formula is C19H22N2O3. The lowest BCUT2D eigenvalue weighted by atomic mass is 10.0. The van der Waals surface area contributed by atoms with Gasteiger partial charge in [0.05, 0.1) is 26.9 Å². The first kappa shape index (κ1) is 17.5. The van der Waals surface area contributed by atoms with Gasteiger partial charge < -0.3 is 9.47 Å². The molecule has 0 atom stereocenters. The fourth-order valence-corrected chi connectivity index (χ4v) is 2.32. The van der Waals surface area contributed by atoms with Gasteiger partial charge >= 0.3 is 0 Å². The molecule has 2 aromatic rings. The molecule has 0 aromatic heterocycles. The highest BCUT2D eigenvalue weighted by Gasteiger charge is 2.06. The van der Waals surface area contributed by atoms with Crippen LogP contribution < -0.4 is 14.9 Å². The van der Waals surface area contributed by atoms with E-state index in [2.05, 4.69) is 10.5 Å². The first-order chi connectivity index (χ1) is 11.5. The first-order valence-electron chi connectivity index (χ1n) is 7.63. The number of nitrogens with one attached hydrogen (secondary N) is 1. The molecule has 2 aromatic carbocycles. The number of hydrazone groups is 1. The summed E-state index contributed by atoms with van der Waals surface area (Å²) in [6, 6.07) is 11.5. The summed E-state index contributed by atoms with van der Waals surface area (Å²) in [6.45, 7) is 4.00. The summed E-state index contributed by atoms with van der Waals surface area (Å²) in [5, 5.41) is 4.00. The SMILES string of the molecule is COc1ccc(/C=N/NC(=O)Cc2cc(C)ccc2C)cc1OC. The minimum atomic E-state index is -0.152. The van der Waals surface area contributed by atoms with Crippen LogP contribution in [0, 0.1) is 13.8 Å². The van der Waals surface area contributed by atoms with Gasteiger partial charge in [-0.3, -0.25) is 4.79 Å². The van der Waals surface area contributed by atoms with E-state index in [1.807, 2.05) is 38.1 Å². The maximum absolute atomic E-state index is 12.0. The van der Waals surface area contributed by atoms with Crippen LogP contribution >= 0.6 is 0 Å². The van der Waals surface area contributed by atoms with Gasteiger partial charge in [0, 0.05) is 0 Å². The number of rotatable bonds is 6. The van der Waals surface area contributed by atoms with Gasteiger partial charge in [-0.15, -0.1) is 0 Å². The lowest BCUT2D eigenvalue weighted by Gasteiger charge is -2.07. The maximum Gasteiger partial charge on any atom is 0.244 e. The lowest BCUT2D eigenvalue weighted by molar-refractivity contribution is -0.120. The van der Waals surface area contributed by atoms with Gasteiger partial charge in [-0.05, 0) is 48.7 Å². The van der Waals surface area contributed by atoms with Crippen molar-refractivity contribution in [2.45, 2.75) is 20.3 Å². The molecule has 0 aliphatic rings. The molecule has 0 fully saturated rings. The molecule has 1 amide bonds.